The number of amides is 1. The first-order chi connectivity index (χ1) is 14.3. The van der Waals surface area contributed by atoms with Crippen LogP contribution >= 0.6 is 23.1 Å². The van der Waals surface area contributed by atoms with Crippen LogP contribution in [0.1, 0.15) is 37.3 Å². The molecule has 0 saturated heterocycles. The van der Waals surface area contributed by atoms with Crippen LogP contribution in [0.25, 0.3) is 11.4 Å². The minimum atomic E-state index is -0.515. The van der Waals surface area contributed by atoms with Gasteiger partial charge in [-0.15, -0.1) is 21.5 Å². The maximum Gasteiger partial charge on any atom is 0.292 e. The van der Waals surface area contributed by atoms with Crippen LogP contribution in [-0.2, 0) is 11.2 Å². The molecule has 1 aromatic carbocycles. The summed E-state index contributed by atoms with van der Waals surface area (Å²) >= 11 is 2.96. The Hall–Kier alpha value is -2.72. The molecule has 1 N–H and O–H groups in total. The van der Waals surface area contributed by atoms with Crippen LogP contribution in [-0.4, -0.2) is 31.3 Å². The van der Waals surface area contributed by atoms with Crippen molar-refractivity contribution >= 4 is 40.4 Å². The molecule has 0 unspecified atom stereocenters. The van der Waals surface area contributed by atoms with E-state index in [-0.39, 0.29) is 29.1 Å². The Morgan fingerprint density at radius 2 is 2.07 bits per heavy atom. The largest absolute Gasteiger partial charge is 0.320 e. The van der Waals surface area contributed by atoms with Gasteiger partial charge in [0.1, 0.15) is 5.69 Å². The summed E-state index contributed by atoms with van der Waals surface area (Å²) in [4.78, 5) is 24.3. The number of hydrogen-bond donors (Lipinski definition) is 1. The lowest BCUT2D eigenvalue weighted by atomic mass is 10.1. The van der Waals surface area contributed by atoms with Crippen LogP contribution < -0.4 is 5.32 Å². The monoisotopic (exact) mass is 445 g/mol. The van der Waals surface area contributed by atoms with Gasteiger partial charge in [-0.1, -0.05) is 30.8 Å². The molecule has 8 nitrogen and oxygen atoms in total. The van der Waals surface area contributed by atoms with Gasteiger partial charge in [0.05, 0.1) is 10.7 Å². The van der Waals surface area contributed by atoms with Crippen molar-refractivity contribution in [1.29, 1.82) is 0 Å². The van der Waals surface area contributed by atoms with E-state index in [1.807, 2.05) is 4.57 Å². The van der Waals surface area contributed by atoms with Gasteiger partial charge < -0.3 is 5.32 Å². The summed E-state index contributed by atoms with van der Waals surface area (Å²) < 4.78 is 2.03. The van der Waals surface area contributed by atoms with E-state index in [1.54, 1.807) is 23.5 Å². The number of carbonyl (C=O) groups excluding carboxylic acids is 1. The minimum absolute atomic E-state index is 0.0696. The fourth-order valence-corrected chi connectivity index (χ4v) is 4.99. The van der Waals surface area contributed by atoms with Crippen LogP contribution in [0.2, 0.25) is 0 Å². The molecule has 0 aliphatic heterocycles. The van der Waals surface area contributed by atoms with E-state index < -0.39 is 4.92 Å². The fraction of sp³-hybridized carbons (Fsp3) is 0.350. The Bertz CT molecular complexity index is 1070. The number of benzene rings is 1. The Kier molecular flexibility index (Phi) is 6.88. The van der Waals surface area contributed by atoms with Gasteiger partial charge in [0.25, 0.3) is 5.69 Å². The van der Waals surface area contributed by atoms with Gasteiger partial charge in [0, 0.05) is 27.9 Å². The highest BCUT2D eigenvalue weighted by molar-refractivity contribution is 7.99. The van der Waals surface area contributed by atoms with Crippen molar-refractivity contribution in [3.63, 3.8) is 0 Å². The first-order valence-corrected chi connectivity index (χ1v) is 11.4. The number of nitrogens with zero attached hydrogens (tertiary/aromatic N) is 4. The van der Waals surface area contributed by atoms with Gasteiger partial charge in [-0.05, 0) is 38.8 Å². The lowest BCUT2D eigenvalue weighted by molar-refractivity contribution is -0.383. The topological polar surface area (TPSA) is 103 Å². The van der Waals surface area contributed by atoms with Crippen LogP contribution in [0, 0.1) is 17.0 Å². The zero-order valence-corrected chi connectivity index (χ0v) is 18.8. The summed E-state index contributed by atoms with van der Waals surface area (Å²) in [5.74, 6) is 0.530. The zero-order valence-electron chi connectivity index (χ0n) is 17.2. The van der Waals surface area contributed by atoms with E-state index in [0.29, 0.717) is 5.16 Å². The molecule has 3 aromatic rings. The number of rotatable bonds is 8. The quantitative estimate of drug-likeness (QED) is 0.294. The van der Waals surface area contributed by atoms with E-state index >= 15 is 0 Å². The molecule has 0 aliphatic rings. The first kappa shape index (κ1) is 22.0. The number of nitro benzene ring substituents is 1. The van der Waals surface area contributed by atoms with Crippen molar-refractivity contribution in [3.05, 3.63) is 50.2 Å². The van der Waals surface area contributed by atoms with Gasteiger partial charge in [-0.3, -0.25) is 19.5 Å². The Morgan fingerprint density at radius 3 is 2.73 bits per heavy atom. The number of thiophene rings is 1. The number of hydrogen-bond acceptors (Lipinski definition) is 7. The van der Waals surface area contributed by atoms with E-state index in [1.165, 1.54) is 34.3 Å². The number of aromatic nitrogens is 3. The molecular formula is C20H23N5O3S2. The van der Waals surface area contributed by atoms with Crippen molar-refractivity contribution in [2.24, 2.45) is 0 Å². The molecular weight excluding hydrogens is 422 g/mol. The molecule has 0 bridgehead atoms. The predicted octanol–water partition coefficient (Wildman–Crippen LogP) is 5.10. The number of aryl methyl sites for hydroxylation is 1. The summed E-state index contributed by atoms with van der Waals surface area (Å²) in [6.07, 6.45) is 0.913. The number of nitro groups is 1. The Labute approximate surface area is 182 Å². The number of anilines is 1. The third-order valence-corrected chi connectivity index (χ3v) is 6.48. The molecule has 0 saturated carbocycles. The van der Waals surface area contributed by atoms with Gasteiger partial charge in [-0.25, -0.2) is 0 Å². The van der Waals surface area contributed by atoms with Crippen LogP contribution in [0.4, 0.5) is 11.4 Å². The standard InChI is InChI=1S/C20H23N5O3S2/c1-5-14-13(4)29-10-15(14)19-22-23-20(24(19)12(2)3)30-11-18(26)21-16-8-6-7-9-17(16)25(27)28/h6-10,12H,5,11H2,1-4H3,(H,21,26). The normalized spacial score (nSPS) is 11.1. The molecule has 0 atom stereocenters. The van der Waals surface area contributed by atoms with Crippen LogP contribution in [0.15, 0.2) is 34.8 Å². The maximum atomic E-state index is 12.4. The molecule has 2 aromatic heterocycles. The smallest absolute Gasteiger partial charge is 0.292 e. The van der Waals surface area contributed by atoms with Gasteiger partial charge in [-0.2, -0.15) is 0 Å². The maximum absolute atomic E-state index is 12.4. The van der Waals surface area contributed by atoms with E-state index in [9.17, 15) is 14.9 Å². The Balaban J connectivity index is 1.79. The van der Waals surface area contributed by atoms with Gasteiger partial charge >= 0.3 is 0 Å². The molecule has 0 spiro atoms. The average molecular weight is 446 g/mol. The number of thioether (sulfide) groups is 1. The van der Waals surface area contributed by atoms with E-state index in [0.717, 1.165) is 17.8 Å². The molecule has 0 aliphatic carbocycles. The SMILES string of the molecule is CCc1c(-c2nnc(SCC(=O)Nc3ccccc3[N+](=O)[O-])n2C(C)C)csc1C. The number of carbonyl (C=O) groups is 1. The van der Waals surface area contributed by atoms with Crippen LogP contribution in [0.5, 0.6) is 0 Å². The first-order valence-electron chi connectivity index (χ1n) is 9.51. The fourth-order valence-electron chi connectivity index (χ4n) is 3.19. The predicted molar refractivity (Wildman–Crippen MR) is 120 cm³/mol. The Morgan fingerprint density at radius 1 is 1.33 bits per heavy atom. The second-order valence-electron chi connectivity index (χ2n) is 6.92. The second-order valence-corrected chi connectivity index (χ2v) is 8.94. The third-order valence-electron chi connectivity index (χ3n) is 4.59. The zero-order chi connectivity index (χ0) is 21.8. The van der Waals surface area contributed by atoms with Crippen molar-refractivity contribution in [2.75, 3.05) is 11.1 Å². The molecule has 0 fully saturated rings. The molecule has 10 heteroatoms. The molecule has 0 radical (unpaired) electrons. The summed E-state index contributed by atoms with van der Waals surface area (Å²) in [7, 11) is 0. The molecule has 3 rings (SSSR count). The van der Waals surface area contributed by atoms with Gasteiger partial charge in [0.15, 0.2) is 11.0 Å². The number of para-hydroxylation sites is 2. The lowest BCUT2D eigenvalue weighted by Crippen LogP contribution is -2.16. The van der Waals surface area contributed by atoms with Crippen molar-refractivity contribution in [2.45, 2.75) is 45.3 Å². The summed E-state index contributed by atoms with van der Waals surface area (Å²) in [6, 6.07) is 6.19. The molecule has 2 heterocycles. The summed E-state index contributed by atoms with van der Waals surface area (Å²) in [6.45, 7) is 8.33. The van der Waals surface area contributed by atoms with Crippen molar-refractivity contribution < 1.29 is 9.72 Å². The highest BCUT2D eigenvalue weighted by Gasteiger charge is 2.22. The lowest BCUT2D eigenvalue weighted by Gasteiger charge is -2.14. The van der Waals surface area contributed by atoms with Crippen molar-refractivity contribution in [1.82, 2.24) is 14.8 Å². The molecule has 30 heavy (non-hydrogen) atoms. The summed E-state index contributed by atoms with van der Waals surface area (Å²) in [5.41, 5.74) is 2.39. The van der Waals surface area contributed by atoms with Gasteiger partial charge in [0.2, 0.25) is 5.91 Å². The number of nitrogens with one attached hydrogen (secondary N) is 1. The summed E-state index contributed by atoms with van der Waals surface area (Å²) in [5, 5.41) is 25.2. The third kappa shape index (κ3) is 4.54. The average Bonchev–Trinajstić information content (AvgIpc) is 3.29. The van der Waals surface area contributed by atoms with Crippen LogP contribution in [0.3, 0.4) is 0 Å². The molecule has 1 amide bonds. The van der Waals surface area contributed by atoms with E-state index in [4.69, 9.17) is 0 Å². The highest BCUT2D eigenvalue weighted by Crippen LogP contribution is 2.34. The molecule has 158 valence electrons. The minimum Gasteiger partial charge on any atom is -0.320 e. The highest BCUT2D eigenvalue weighted by atomic mass is 32.2. The van der Waals surface area contributed by atoms with Crippen molar-refractivity contribution in [3.8, 4) is 11.4 Å². The van der Waals surface area contributed by atoms with E-state index in [2.05, 4.69) is 48.6 Å². The second kappa shape index (κ2) is 9.40.